The quantitative estimate of drug-likeness (QED) is 0.636. The second kappa shape index (κ2) is 7.35. The lowest BCUT2D eigenvalue weighted by atomic mass is 10.0. The molecule has 0 aliphatic carbocycles. The summed E-state index contributed by atoms with van der Waals surface area (Å²) in [5, 5.41) is 5.56. The van der Waals surface area contributed by atoms with Gasteiger partial charge in [0.2, 0.25) is 11.8 Å². The van der Waals surface area contributed by atoms with Gasteiger partial charge in [-0.3, -0.25) is 19.7 Å². The van der Waals surface area contributed by atoms with E-state index >= 15 is 0 Å². The van der Waals surface area contributed by atoms with E-state index in [-0.39, 0.29) is 24.8 Å². The Hall–Kier alpha value is -3.33. The second-order valence-electron chi connectivity index (χ2n) is 6.79. The summed E-state index contributed by atoms with van der Waals surface area (Å²) in [5.74, 6) is -0.314. The molecule has 9 heteroatoms. The Labute approximate surface area is 161 Å². The lowest BCUT2D eigenvalue weighted by molar-refractivity contribution is -0.136. The van der Waals surface area contributed by atoms with Crippen LogP contribution in [0, 0.1) is 0 Å². The fourth-order valence-corrected chi connectivity index (χ4v) is 3.56. The number of piperidine rings is 1. The molecule has 4 N–H and O–H groups in total. The van der Waals surface area contributed by atoms with Gasteiger partial charge in [0.15, 0.2) is 0 Å². The summed E-state index contributed by atoms with van der Waals surface area (Å²) < 4.78 is 0. The van der Waals surface area contributed by atoms with Crippen LogP contribution in [-0.2, 0) is 29.2 Å². The molecule has 3 heterocycles. The van der Waals surface area contributed by atoms with Crippen LogP contribution >= 0.6 is 0 Å². The number of nitrogens with two attached hydrogens (primary N) is 1. The molecule has 4 rings (SSSR count). The minimum Gasteiger partial charge on any atom is -0.378 e. The number of carbonyl (C=O) groups excluding carboxylic acids is 3. The van der Waals surface area contributed by atoms with E-state index in [0.29, 0.717) is 30.9 Å². The number of fused-ring (bicyclic) bond motifs is 1. The van der Waals surface area contributed by atoms with Crippen LogP contribution in [0.15, 0.2) is 30.6 Å². The molecule has 0 spiro atoms. The first-order valence-corrected chi connectivity index (χ1v) is 9.07. The van der Waals surface area contributed by atoms with Crippen molar-refractivity contribution < 1.29 is 14.4 Å². The number of nitrogens with zero attached hydrogens (tertiary/aromatic N) is 3. The number of imide groups is 1. The maximum absolute atomic E-state index is 12.8. The van der Waals surface area contributed by atoms with Crippen LogP contribution in [0.1, 0.15) is 40.2 Å². The topological polar surface area (TPSA) is 130 Å². The highest BCUT2D eigenvalue weighted by Gasteiger charge is 2.39. The van der Waals surface area contributed by atoms with Crippen LogP contribution in [0.5, 0.6) is 0 Å². The van der Waals surface area contributed by atoms with Gasteiger partial charge in [0, 0.05) is 25.1 Å². The fraction of sp³-hybridized carbons (Fsp3) is 0.316. The van der Waals surface area contributed by atoms with Gasteiger partial charge in [-0.1, -0.05) is 12.1 Å². The molecule has 1 aromatic carbocycles. The Morgan fingerprint density at radius 2 is 2.00 bits per heavy atom. The van der Waals surface area contributed by atoms with Gasteiger partial charge >= 0.3 is 0 Å². The van der Waals surface area contributed by atoms with Gasteiger partial charge in [0.25, 0.3) is 5.91 Å². The average molecular weight is 380 g/mol. The van der Waals surface area contributed by atoms with E-state index < -0.39 is 11.9 Å². The summed E-state index contributed by atoms with van der Waals surface area (Å²) in [6.45, 7) is 1.12. The number of aromatic nitrogens is 2. The van der Waals surface area contributed by atoms with Gasteiger partial charge in [0.1, 0.15) is 11.9 Å². The molecule has 2 aromatic rings. The van der Waals surface area contributed by atoms with Crippen molar-refractivity contribution in [2.45, 2.75) is 38.5 Å². The molecule has 0 saturated carbocycles. The third kappa shape index (κ3) is 3.31. The highest BCUT2D eigenvalue weighted by Crippen LogP contribution is 2.30. The first-order valence-electron chi connectivity index (χ1n) is 9.07. The van der Waals surface area contributed by atoms with Gasteiger partial charge in [-0.2, -0.15) is 0 Å². The first kappa shape index (κ1) is 18.1. The Morgan fingerprint density at radius 3 is 2.71 bits per heavy atom. The SMILES string of the molecule is NCc1ncc(NCc2cccc3c2CN(C2CCC(=O)NC2=O)C3=O)cn1. The molecule has 1 fully saturated rings. The maximum Gasteiger partial charge on any atom is 0.255 e. The highest BCUT2D eigenvalue weighted by molar-refractivity contribution is 6.05. The normalized spacial score (nSPS) is 18.8. The molecule has 28 heavy (non-hydrogen) atoms. The third-order valence-corrected chi connectivity index (χ3v) is 5.05. The number of anilines is 1. The van der Waals surface area contributed by atoms with Crippen molar-refractivity contribution in [3.05, 3.63) is 53.1 Å². The lowest BCUT2D eigenvalue weighted by Gasteiger charge is -2.29. The predicted octanol–water partition coefficient (Wildman–Crippen LogP) is 0.308. The zero-order chi connectivity index (χ0) is 19.7. The van der Waals surface area contributed by atoms with E-state index in [1.807, 2.05) is 12.1 Å². The minimum absolute atomic E-state index is 0.179. The summed E-state index contributed by atoms with van der Waals surface area (Å²) in [6.07, 6.45) is 3.92. The number of rotatable bonds is 5. The Kier molecular flexibility index (Phi) is 4.74. The van der Waals surface area contributed by atoms with Gasteiger partial charge < -0.3 is 16.0 Å². The molecule has 1 unspecified atom stereocenters. The van der Waals surface area contributed by atoms with Crippen LogP contribution in [0.2, 0.25) is 0 Å². The van der Waals surface area contributed by atoms with E-state index in [4.69, 9.17) is 5.73 Å². The predicted molar refractivity (Wildman–Crippen MR) is 99.7 cm³/mol. The van der Waals surface area contributed by atoms with Crippen LogP contribution in [-0.4, -0.2) is 38.6 Å². The van der Waals surface area contributed by atoms with Crippen LogP contribution in [0.3, 0.4) is 0 Å². The summed E-state index contributed by atoms with van der Waals surface area (Å²) >= 11 is 0. The number of nitrogens with one attached hydrogen (secondary N) is 2. The molecule has 1 atom stereocenters. The highest BCUT2D eigenvalue weighted by atomic mass is 16.2. The van der Waals surface area contributed by atoms with Crippen LogP contribution < -0.4 is 16.4 Å². The maximum atomic E-state index is 12.8. The van der Waals surface area contributed by atoms with Crippen LogP contribution in [0.4, 0.5) is 5.69 Å². The number of carbonyl (C=O) groups is 3. The van der Waals surface area contributed by atoms with Crippen molar-refractivity contribution in [2.75, 3.05) is 5.32 Å². The van der Waals surface area contributed by atoms with E-state index in [1.165, 1.54) is 0 Å². The number of hydrogen-bond donors (Lipinski definition) is 3. The van der Waals surface area contributed by atoms with Gasteiger partial charge in [-0.15, -0.1) is 0 Å². The standard InChI is InChI=1S/C19H20N6O3/c20-6-16-22-8-12(9-23-16)21-7-11-2-1-3-13-14(11)10-25(19(13)28)15-4-5-17(26)24-18(15)27/h1-3,8-9,15,21H,4-7,10,20H2,(H,24,26,27). The summed E-state index contributed by atoms with van der Waals surface area (Å²) in [5.41, 5.74) is 8.70. The molecule has 0 bridgehead atoms. The largest absolute Gasteiger partial charge is 0.378 e. The monoisotopic (exact) mass is 380 g/mol. The van der Waals surface area contributed by atoms with E-state index in [0.717, 1.165) is 16.8 Å². The lowest BCUT2D eigenvalue weighted by Crippen LogP contribution is -2.52. The van der Waals surface area contributed by atoms with E-state index in [1.54, 1.807) is 23.4 Å². The molecule has 3 amide bonds. The van der Waals surface area contributed by atoms with E-state index in [9.17, 15) is 14.4 Å². The Bertz CT molecular complexity index is 943. The fourth-order valence-electron chi connectivity index (χ4n) is 3.56. The minimum atomic E-state index is -0.615. The Balaban J connectivity index is 1.50. The molecule has 144 valence electrons. The number of amides is 3. The zero-order valence-corrected chi connectivity index (χ0v) is 15.1. The van der Waals surface area contributed by atoms with Crippen molar-refractivity contribution in [1.29, 1.82) is 0 Å². The molecule has 9 nitrogen and oxygen atoms in total. The smallest absolute Gasteiger partial charge is 0.255 e. The number of hydrogen-bond acceptors (Lipinski definition) is 7. The van der Waals surface area contributed by atoms with Gasteiger partial charge in [0.05, 0.1) is 24.6 Å². The van der Waals surface area contributed by atoms with Gasteiger partial charge in [-0.25, -0.2) is 9.97 Å². The van der Waals surface area contributed by atoms with Crippen molar-refractivity contribution in [2.24, 2.45) is 5.73 Å². The zero-order valence-electron chi connectivity index (χ0n) is 15.1. The number of benzene rings is 1. The Morgan fingerprint density at radius 1 is 1.21 bits per heavy atom. The molecule has 1 aromatic heterocycles. The summed E-state index contributed by atoms with van der Waals surface area (Å²) in [4.78, 5) is 46.2. The first-order chi connectivity index (χ1) is 13.6. The van der Waals surface area contributed by atoms with Crippen LogP contribution in [0.25, 0.3) is 0 Å². The molecule has 2 aliphatic rings. The third-order valence-electron chi connectivity index (χ3n) is 5.05. The summed E-state index contributed by atoms with van der Waals surface area (Å²) in [7, 11) is 0. The molecule has 1 saturated heterocycles. The molecule has 0 radical (unpaired) electrons. The molecular weight excluding hydrogens is 360 g/mol. The molecule has 2 aliphatic heterocycles. The van der Waals surface area contributed by atoms with Crippen molar-refractivity contribution in [3.63, 3.8) is 0 Å². The van der Waals surface area contributed by atoms with Crippen molar-refractivity contribution >= 4 is 23.4 Å². The van der Waals surface area contributed by atoms with E-state index in [2.05, 4.69) is 20.6 Å². The van der Waals surface area contributed by atoms with Crippen molar-refractivity contribution in [1.82, 2.24) is 20.2 Å². The summed E-state index contributed by atoms with van der Waals surface area (Å²) in [6, 6.07) is 4.93. The van der Waals surface area contributed by atoms with Gasteiger partial charge in [-0.05, 0) is 23.6 Å². The van der Waals surface area contributed by atoms with Crippen molar-refractivity contribution in [3.8, 4) is 0 Å². The second-order valence-corrected chi connectivity index (χ2v) is 6.79. The molecular formula is C19H20N6O3. The average Bonchev–Trinajstić information content (AvgIpc) is 3.04.